The van der Waals surface area contributed by atoms with Gasteiger partial charge in [0.1, 0.15) is 0 Å². The SMILES string of the molecule is Cc1cc2cc(NC(=O)C3CC4CCCC(C3)C4N)ccc2[nH]1.Cl. The maximum atomic E-state index is 12.7. The van der Waals surface area contributed by atoms with Crippen molar-refractivity contribution in [2.24, 2.45) is 23.5 Å². The van der Waals surface area contributed by atoms with Gasteiger partial charge in [0, 0.05) is 34.2 Å². The van der Waals surface area contributed by atoms with E-state index >= 15 is 0 Å². The lowest BCUT2D eigenvalue weighted by molar-refractivity contribution is -0.122. The molecular formula is C19H26ClN3O. The van der Waals surface area contributed by atoms with E-state index in [1.165, 1.54) is 19.3 Å². The molecule has 2 aromatic rings. The number of amides is 1. The third-order valence-electron chi connectivity index (χ3n) is 5.81. The normalized spacial score (nSPS) is 29.1. The zero-order valence-electron chi connectivity index (χ0n) is 14.0. The summed E-state index contributed by atoms with van der Waals surface area (Å²) in [4.78, 5) is 16.0. The highest BCUT2D eigenvalue weighted by Crippen LogP contribution is 2.42. The number of halogens is 1. The van der Waals surface area contributed by atoms with Crippen LogP contribution in [0.3, 0.4) is 0 Å². The van der Waals surface area contributed by atoms with E-state index in [2.05, 4.69) is 16.4 Å². The number of aromatic amines is 1. The van der Waals surface area contributed by atoms with Crippen molar-refractivity contribution in [3.05, 3.63) is 30.0 Å². The predicted octanol–water partition coefficient (Wildman–Crippen LogP) is 3.99. The monoisotopic (exact) mass is 347 g/mol. The molecule has 0 aliphatic heterocycles. The molecule has 2 saturated carbocycles. The van der Waals surface area contributed by atoms with Crippen molar-refractivity contribution in [1.82, 2.24) is 4.98 Å². The molecule has 4 N–H and O–H groups in total. The van der Waals surface area contributed by atoms with Gasteiger partial charge in [-0.1, -0.05) is 6.42 Å². The number of aryl methyl sites for hydroxylation is 1. The van der Waals surface area contributed by atoms with Crippen molar-refractivity contribution in [3.63, 3.8) is 0 Å². The van der Waals surface area contributed by atoms with Crippen LogP contribution in [-0.2, 0) is 4.79 Å². The summed E-state index contributed by atoms with van der Waals surface area (Å²) in [5, 5.41) is 4.27. The number of nitrogens with one attached hydrogen (secondary N) is 2. The molecule has 130 valence electrons. The number of fused-ring (bicyclic) bond motifs is 3. The van der Waals surface area contributed by atoms with Crippen molar-refractivity contribution in [2.75, 3.05) is 5.32 Å². The molecule has 0 saturated heterocycles. The molecular weight excluding hydrogens is 322 g/mol. The largest absolute Gasteiger partial charge is 0.359 e. The van der Waals surface area contributed by atoms with E-state index in [1.807, 2.05) is 25.1 Å². The van der Waals surface area contributed by atoms with Crippen LogP contribution < -0.4 is 11.1 Å². The van der Waals surface area contributed by atoms with Crippen molar-refractivity contribution in [2.45, 2.75) is 45.1 Å². The summed E-state index contributed by atoms with van der Waals surface area (Å²) in [5.41, 5.74) is 9.47. The van der Waals surface area contributed by atoms with Crippen LogP contribution in [0.5, 0.6) is 0 Å². The van der Waals surface area contributed by atoms with Gasteiger partial charge in [0.2, 0.25) is 5.91 Å². The quantitative estimate of drug-likeness (QED) is 0.768. The summed E-state index contributed by atoms with van der Waals surface area (Å²) in [6.07, 6.45) is 5.57. The fourth-order valence-electron chi connectivity index (χ4n) is 4.60. The molecule has 2 aliphatic rings. The lowest BCUT2D eigenvalue weighted by Crippen LogP contribution is -2.48. The lowest BCUT2D eigenvalue weighted by atomic mass is 9.65. The standard InChI is InChI=1S/C19H25N3O.ClH/c1-11-7-14-10-16(5-6-17(14)21-11)22-19(23)15-8-12-3-2-4-13(9-15)18(12)20;/h5-7,10,12-13,15,18,21H,2-4,8-9,20H2,1H3,(H,22,23);1H. The third-order valence-corrected chi connectivity index (χ3v) is 5.81. The molecule has 24 heavy (non-hydrogen) atoms. The molecule has 2 fully saturated rings. The second kappa shape index (κ2) is 6.77. The minimum Gasteiger partial charge on any atom is -0.359 e. The first-order valence-electron chi connectivity index (χ1n) is 8.76. The first-order valence-corrected chi connectivity index (χ1v) is 8.76. The molecule has 1 amide bonds. The molecule has 4 nitrogen and oxygen atoms in total. The minimum absolute atomic E-state index is 0. The number of nitrogens with two attached hydrogens (primary N) is 1. The highest BCUT2D eigenvalue weighted by atomic mass is 35.5. The van der Waals surface area contributed by atoms with Crippen LogP contribution >= 0.6 is 12.4 Å². The van der Waals surface area contributed by atoms with Gasteiger partial charge in [-0.2, -0.15) is 0 Å². The average Bonchev–Trinajstić information content (AvgIpc) is 2.86. The Hall–Kier alpha value is -1.52. The first kappa shape index (κ1) is 17.3. The van der Waals surface area contributed by atoms with Crippen LogP contribution in [-0.4, -0.2) is 16.9 Å². The maximum Gasteiger partial charge on any atom is 0.227 e. The Bertz CT molecular complexity index is 727. The Morgan fingerprint density at radius 3 is 2.62 bits per heavy atom. The average molecular weight is 348 g/mol. The number of carbonyl (C=O) groups is 1. The Morgan fingerprint density at radius 2 is 1.92 bits per heavy atom. The van der Waals surface area contributed by atoms with Gasteiger partial charge < -0.3 is 16.0 Å². The maximum absolute atomic E-state index is 12.7. The Balaban J connectivity index is 0.00000169. The lowest BCUT2D eigenvalue weighted by Gasteiger charge is -2.43. The summed E-state index contributed by atoms with van der Waals surface area (Å²) < 4.78 is 0. The van der Waals surface area contributed by atoms with Crippen LogP contribution in [0.25, 0.3) is 10.9 Å². The second-order valence-corrected chi connectivity index (χ2v) is 7.44. The van der Waals surface area contributed by atoms with Crippen molar-refractivity contribution in [3.8, 4) is 0 Å². The highest BCUT2D eigenvalue weighted by Gasteiger charge is 2.40. The van der Waals surface area contributed by atoms with E-state index in [1.54, 1.807) is 0 Å². The van der Waals surface area contributed by atoms with Gasteiger partial charge in [-0.3, -0.25) is 4.79 Å². The number of anilines is 1. The van der Waals surface area contributed by atoms with Crippen molar-refractivity contribution >= 4 is 34.9 Å². The van der Waals surface area contributed by atoms with Crippen molar-refractivity contribution in [1.29, 1.82) is 0 Å². The molecule has 2 aliphatic carbocycles. The Labute approximate surface area is 149 Å². The summed E-state index contributed by atoms with van der Waals surface area (Å²) in [5.74, 6) is 1.36. The Morgan fingerprint density at radius 1 is 1.21 bits per heavy atom. The number of carbonyl (C=O) groups excluding carboxylic acids is 1. The molecule has 1 aromatic carbocycles. The Kier molecular flexibility index (Phi) is 4.88. The molecule has 2 atom stereocenters. The van der Waals surface area contributed by atoms with Crippen LogP contribution in [0.4, 0.5) is 5.69 Å². The van der Waals surface area contributed by atoms with E-state index < -0.39 is 0 Å². The number of benzene rings is 1. The smallest absolute Gasteiger partial charge is 0.227 e. The van der Waals surface area contributed by atoms with Gasteiger partial charge in [-0.05, 0) is 68.7 Å². The molecule has 4 rings (SSSR count). The minimum atomic E-state index is 0. The topological polar surface area (TPSA) is 70.9 Å². The van der Waals surface area contributed by atoms with Crippen LogP contribution in [0, 0.1) is 24.7 Å². The van der Waals surface area contributed by atoms with E-state index in [9.17, 15) is 4.79 Å². The zero-order valence-corrected chi connectivity index (χ0v) is 14.9. The fourth-order valence-corrected chi connectivity index (χ4v) is 4.60. The van der Waals surface area contributed by atoms with Gasteiger partial charge in [0.05, 0.1) is 0 Å². The number of rotatable bonds is 2. The summed E-state index contributed by atoms with van der Waals surface area (Å²) in [7, 11) is 0. The number of hydrogen-bond donors (Lipinski definition) is 3. The van der Waals surface area contributed by atoms with Gasteiger partial charge in [0.15, 0.2) is 0 Å². The predicted molar refractivity (Wildman–Crippen MR) is 100 cm³/mol. The molecule has 0 spiro atoms. The molecule has 0 radical (unpaired) electrons. The number of hydrogen-bond acceptors (Lipinski definition) is 2. The fraction of sp³-hybridized carbons (Fsp3) is 0.526. The third kappa shape index (κ3) is 3.17. The summed E-state index contributed by atoms with van der Waals surface area (Å²) in [6, 6.07) is 8.47. The zero-order chi connectivity index (χ0) is 16.0. The summed E-state index contributed by atoms with van der Waals surface area (Å²) in [6.45, 7) is 2.04. The van der Waals surface area contributed by atoms with Gasteiger partial charge in [-0.15, -0.1) is 12.4 Å². The van der Waals surface area contributed by atoms with Crippen LogP contribution in [0.15, 0.2) is 24.3 Å². The van der Waals surface area contributed by atoms with Gasteiger partial charge in [-0.25, -0.2) is 0 Å². The highest BCUT2D eigenvalue weighted by molar-refractivity contribution is 5.95. The number of aromatic nitrogens is 1. The molecule has 2 unspecified atom stereocenters. The van der Waals surface area contributed by atoms with E-state index in [0.717, 1.165) is 35.1 Å². The summed E-state index contributed by atoms with van der Waals surface area (Å²) >= 11 is 0. The van der Waals surface area contributed by atoms with E-state index in [0.29, 0.717) is 17.9 Å². The van der Waals surface area contributed by atoms with Crippen LogP contribution in [0.2, 0.25) is 0 Å². The molecule has 1 heterocycles. The van der Waals surface area contributed by atoms with E-state index in [-0.39, 0.29) is 24.2 Å². The molecule has 1 aromatic heterocycles. The molecule has 2 bridgehead atoms. The van der Waals surface area contributed by atoms with Gasteiger partial charge >= 0.3 is 0 Å². The second-order valence-electron chi connectivity index (χ2n) is 7.44. The van der Waals surface area contributed by atoms with Crippen molar-refractivity contribution < 1.29 is 4.79 Å². The van der Waals surface area contributed by atoms with Gasteiger partial charge in [0.25, 0.3) is 0 Å². The molecule has 5 heteroatoms. The van der Waals surface area contributed by atoms with Crippen LogP contribution in [0.1, 0.15) is 37.8 Å². The van der Waals surface area contributed by atoms with E-state index in [4.69, 9.17) is 5.73 Å². The number of H-pyrrole nitrogens is 1. The first-order chi connectivity index (χ1) is 11.1.